The van der Waals surface area contributed by atoms with Gasteiger partial charge in [-0.15, -0.1) is 12.4 Å². The van der Waals surface area contributed by atoms with Gasteiger partial charge in [-0.2, -0.15) is 0 Å². The van der Waals surface area contributed by atoms with Gasteiger partial charge in [0, 0.05) is 17.0 Å². The Balaban J connectivity index is 0.00000312. The van der Waals surface area contributed by atoms with E-state index >= 15 is 0 Å². The van der Waals surface area contributed by atoms with Crippen LogP contribution in [-0.2, 0) is 0 Å². The van der Waals surface area contributed by atoms with E-state index in [-0.39, 0.29) is 12.4 Å². The van der Waals surface area contributed by atoms with Gasteiger partial charge < -0.3 is 10.0 Å². The quantitative estimate of drug-likeness (QED) is 0.564. The van der Waals surface area contributed by atoms with Gasteiger partial charge in [0.1, 0.15) is 6.10 Å². The van der Waals surface area contributed by atoms with Gasteiger partial charge in [-0.3, -0.25) is 0 Å². The zero-order chi connectivity index (χ0) is 17.5. The molecule has 0 bridgehead atoms. The summed E-state index contributed by atoms with van der Waals surface area (Å²) in [6.07, 6.45) is 3.99. The molecule has 3 nitrogen and oxygen atoms in total. The molecule has 1 N–H and O–H groups in total. The van der Waals surface area contributed by atoms with E-state index in [1.54, 1.807) is 6.07 Å². The van der Waals surface area contributed by atoms with E-state index < -0.39 is 6.10 Å². The number of benzene rings is 1. The number of fused-ring (bicyclic) bond motifs is 1. The van der Waals surface area contributed by atoms with Gasteiger partial charge in [-0.25, -0.2) is 4.98 Å². The summed E-state index contributed by atoms with van der Waals surface area (Å²) in [5.41, 5.74) is 1.34. The van der Waals surface area contributed by atoms with Crippen LogP contribution < -0.4 is 0 Å². The maximum absolute atomic E-state index is 10.6. The van der Waals surface area contributed by atoms with E-state index in [0.717, 1.165) is 44.2 Å². The van der Waals surface area contributed by atoms with Crippen molar-refractivity contribution < 1.29 is 5.11 Å². The Morgan fingerprint density at radius 1 is 1.08 bits per heavy atom. The molecule has 1 atom stereocenters. The summed E-state index contributed by atoms with van der Waals surface area (Å²) in [7, 11) is 0. The molecule has 0 aliphatic heterocycles. The Hall–Kier alpha value is -0.580. The third-order valence-corrected chi connectivity index (χ3v) is 4.67. The lowest BCUT2D eigenvalue weighted by Gasteiger charge is -2.24. The van der Waals surface area contributed by atoms with Gasteiger partial charge >= 0.3 is 0 Å². The molecule has 0 amide bonds. The van der Waals surface area contributed by atoms with E-state index in [0.29, 0.717) is 27.8 Å². The standard InChI is InChI=1S/C19H26Cl2N2O.ClH/c1-3-5-9-23(10-6-4-2)13-18(24)17-8-7-14-11-15(20)12-16(21)19(14)22-17;/h7-8,11-12,18,24H,3-6,9-10,13H2,1-2H3;1H. The van der Waals surface area contributed by atoms with Crippen LogP contribution in [0.3, 0.4) is 0 Å². The normalized spacial score (nSPS) is 12.4. The maximum atomic E-state index is 10.6. The van der Waals surface area contributed by atoms with Gasteiger partial charge in [0.05, 0.1) is 16.2 Å². The Bertz CT molecular complexity index is 658. The minimum atomic E-state index is -0.616. The molecule has 0 saturated heterocycles. The molecule has 1 aromatic heterocycles. The van der Waals surface area contributed by atoms with Crippen molar-refractivity contribution in [2.24, 2.45) is 0 Å². The topological polar surface area (TPSA) is 36.4 Å². The predicted molar refractivity (Wildman–Crippen MR) is 110 cm³/mol. The monoisotopic (exact) mass is 404 g/mol. The molecule has 1 heterocycles. The number of aliphatic hydroxyl groups is 1. The second kappa shape index (κ2) is 11.2. The summed E-state index contributed by atoms with van der Waals surface area (Å²) in [4.78, 5) is 6.89. The summed E-state index contributed by atoms with van der Waals surface area (Å²) in [5.74, 6) is 0. The fourth-order valence-electron chi connectivity index (χ4n) is 2.75. The largest absolute Gasteiger partial charge is 0.385 e. The van der Waals surface area contributed by atoms with E-state index in [1.807, 2.05) is 18.2 Å². The van der Waals surface area contributed by atoms with Crippen molar-refractivity contribution >= 4 is 46.5 Å². The molecule has 25 heavy (non-hydrogen) atoms. The van der Waals surface area contributed by atoms with Crippen LogP contribution in [0.4, 0.5) is 0 Å². The van der Waals surface area contributed by atoms with Crippen LogP contribution in [0.5, 0.6) is 0 Å². The van der Waals surface area contributed by atoms with Crippen LogP contribution in [0, 0.1) is 0 Å². The fraction of sp³-hybridized carbons (Fsp3) is 0.526. The molecule has 0 fully saturated rings. The van der Waals surface area contributed by atoms with E-state index in [1.165, 1.54) is 0 Å². The molecule has 0 spiro atoms. The lowest BCUT2D eigenvalue weighted by molar-refractivity contribution is 0.108. The molecule has 0 radical (unpaired) electrons. The summed E-state index contributed by atoms with van der Waals surface area (Å²) in [6, 6.07) is 7.29. The van der Waals surface area contributed by atoms with Crippen molar-refractivity contribution in [2.75, 3.05) is 19.6 Å². The van der Waals surface area contributed by atoms with Gasteiger partial charge in [0.25, 0.3) is 0 Å². The van der Waals surface area contributed by atoms with Crippen molar-refractivity contribution in [3.8, 4) is 0 Å². The Labute approximate surface area is 166 Å². The molecule has 0 saturated carbocycles. The summed E-state index contributed by atoms with van der Waals surface area (Å²) < 4.78 is 0. The van der Waals surface area contributed by atoms with Crippen molar-refractivity contribution in [1.82, 2.24) is 9.88 Å². The number of hydrogen-bond acceptors (Lipinski definition) is 3. The Kier molecular flexibility index (Phi) is 10.1. The number of aliphatic hydroxyl groups excluding tert-OH is 1. The molecule has 2 rings (SSSR count). The molecule has 1 aromatic carbocycles. The van der Waals surface area contributed by atoms with Crippen molar-refractivity contribution in [1.29, 1.82) is 0 Å². The molecular formula is C19H27Cl3N2O. The Morgan fingerprint density at radius 2 is 1.72 bits per heavy atom. The zero-order valence-electron chi connectivity index (χ0n) is 14.8. The number of halogens is 3. The van der Waals surface area contributed by atoms with Gasteiger partial charge in [0.15, 0.2) is 0 Å². The third kappa shape index (κ3) is 6.58. The molecule has 0 aliphatic rings. The average molecular weight is 406 g/mol. The first-order valence-electron chi connectivity index (χ1n) is 8.71. The number of aromatic nitrogens is 1. The first-order chi connectivity index (χ1) is 11.5. The number of unbranched alkanes of at least 4 members (excludes halogenated alkanes) is 2. The lowest BCUT2D eigenvalue weighted by Crippen LogP contribution is -2.31. The highest BCUT2D eigenvalue weighted by atomic mass is 35.5. The molecule has 0 aliphatic carbocycles. The first-order valence-corrected chi connectivity index (χ1v) is 9.46. The lowest BCUT2D eigenvalue weighted by atomic mass is 10.1. The van der Waals surface area contributed by atoms with Crippen molar-refractivity contribution in [3.63, 3.8) is 0 Å². The molecule has 1 unspecified atom stereocenters. The number of nitrogens with zero attached hydrogens (tertiary/aromatic N) is 2. The highest BCUT2D eigenvalue weighted by Crippen LogP contribution is 2.28. The second-order valence-electron chi connectivity index (χ2n) is 6.22. The van der Waals surface area contributed by atoms with E-state index in [9.17, 15) is 5.11 Å². The molecule has 6 heteroatoms. The predicted octanol–water partition coefficient (Wildman–Crippen LogP) is 5.90. The van der Waals surface area contributed by atoms with Crippen LogP contribution in [0.15, 0.2) is 24.3 Å². The summed E-state index contributed by atoms with van der Waals surface area (Å²) >= 11 is 12.3. The van der Waals surface area contributed by atoms with Crippen molar-refractivity contribution in [3.05, 3.63) is 40.0 Å². The Morgan fingerprint density at radius 3 is 2.32 bits per heavy atom. The highest BCUT2D eigenvalue weighted by molar-refractivity contribution is 6.38. The highest BCUT2D eigenvalue weighted by Gasteiger charge is 2.15. The van der Waals surface area contributed by atoms with Crippen LogP contribution in [0.2, 0.25) is 10.0 Å². The van der Waals surface area contributed by atoms with Gasteiger partial charge in [-0.05, 0) is 44.1 Å². The number of pyridine rings is 1. The minimum Gasteiger partial charge on any atom is -0.385 e. The maximum Gasteiger partial charge on any atom is 0.109 e. The number of rotatable bonds is 9. The van der Waals surface area contributed by atoms with Crippen LogP contribution in [0.1, 0.15) is 51.3 Å². The summed E-state index contributed by atoms with van der Waals surface area (Å²) in [5, 5.41) is 12.6. The average Bonchev–Trinajstić information content (AvgIpc) is 2.56. The molecular weight excluding hydrogens is 379 g/mol. The zero-order valence-corrected chi connectivity index (χ0v) is 17.2. The van der Waals surface area contributed by atoms with E-state index in [4.69, 9.17) is 23.2 Å². The van der Waals surface area contributed by atoms with Crippen molar-refractivity contribution in [2.45, 2.75) is 45.6 Å². The fourth-order valence-corrected chi connectivity index (χ4v) is 3.31. The summed E-state index contributed by atoms with van der Waals surface area (Å²) in [6.45, 7) is 7.00. The smallest absolute Gasteiger partial charge is 0.109 e. The molecule has 140 valence electrons. The van der Waals surface area contributed by atoms with Crippen LogP contribution in [0.25, 0.3) is 10.9 Å². The second-order valence-corrected chi connectivity index (χ2v) is 7.06. The third-order valence-electron chi connectivity index (χ3n) is 4.16. The first kappa shape index (κ1) is 22.5. The van der Waals surface area contributed by atoms with Crippen LogP contribution >= 0.6 is 35.6 Å². The van der Waals surface area contributed by atoms with Crippen LogP contribution in [-0.4, -0.2) is 34.6 Å². The minimum absolute atomic E-state index is 0. The van der Waals surface area contributed by atoms with Gasteiger partial charge in [-0.1, -0.05) is 56.0 Å². The number of hydrogen-bond donors (Lipinski definition) is 1. The SMILES string of the molecule is CCCCN(CCCC)CC(O)c1ccc2cc(Cl)cc(Cl)c2n1.Cl. The van der Waals surface area contributed by atoms with E-state index in [2.05, 4.69) is 23.7 Å². The molecule has 2 aromatic rings. The van der Waals surface area contributed by atoms with Gasteiger partial charge in [0.2, 0.25) is 0 Å².